The molecule has 120 valence electrons. The summed E-state index contributed by atoms with van der Waals surface area (Å²) in [6, 6.07) is 11.5. The predicted octanol–water partition coefficient (Wildman–Crippen LogP) is 3.99. The Labute approximate surface area is 136 Å². The number of ether oxygens (including phenoxy) is 2. The van der Waals surface area contributed by atoms with Crippen LogP contribution in [0.2, 0.25) is 0 Å². The summed E-state index contributed by atoms with van der Waals surface area (Å²) in [5, 5.41) is 8.71. The normalized spacial score (nSPS) is 10.7. The van der Waals surface area contributed by atoms with Gasteiger partial charge < -0.3 is 14.6 Å². The van der Waals surface area contributed by atoms with Gasteiger partial charge in [0.25, 0.3) is 0 Å². The van der Waals surface area contributed by atoms with Crippen molar-refractivity contribution in [1.82, 2.24) is 0 Å². The van der Waals surface area contributed by atoms with Gasteiger partial charge in [0, 0.05) is 11.6 Å². The van der Waals surface area contributed by atoms with Gasteiger partial charge >= 0.3 is 5.97 Å². The fourth-order valence-electron chi connectivity index (χ4n) is 2.36. The molecule has 4 nitrogen and oxygen atoms in total. The lowest BCUT2D eigenvalue weighted by molar-refractivity contribution is -0.131. The minimum absolute atomic E-state index is 0.348. The van der Waals surface area contributed by atoms with Crippen molar-refractivity contribution in [3.63, 3.8) is 0 Å². The van der Waals surface area contributed by atoms with Gasteiger partial charge in [-0.3, -0.25) is 0 Å². The maximum atomic E-state index is 10.6. The zero-order chi connectivity index (χ0) is 16.8. The Bertz CT molecular complexity index is 712. The zero-order valence-corrected chi connectivity index (χ0v) is 13.5. The molecule has 0 spiro atoms. The molecule has 0 amide bonds. The first-order valence-electron chi connectivity index (χ1n) is 7.27. The summed E-state index contributed by atoms with van der Waals surface area (Å²) in [4.78, 5) is 10.6. The molecule has 2 aromatic carbocycles. The summed E-state index contributed by atoms with van der Waals surface area (Å²) in [6.45, 7) is 4.40. The third-order valence-electron chi connectivity index (χ3n) is 3.31. The molecule has 0 bridgehead atoms. The Kier molecular flexibility index (Phi) is 5.41. The summed E-state index contributed by atoms with van der Waals surface area (Å²) in [7, 11) is 1.60. The van der Waals surface area contributed by atoms with E-state index in [-0.39, 0.29) is 0 Å². The summed E-state index contributed by atoms with van der Waals surface area (Å²) < 4.78 is 11.2. The van der Waals surface area contributed by atoms with Gasteiger partial charge in [0.2, 0.25) is 0 Å². The minimum atomic E-state index is -0.978. The highest BCUT2D eigenvalue weighted by Gasteiger charge is 2.06. The van der Waals surface area contributed by atoms with Crippen LogP contribution in [0.25, 0.3) is 6.08 Å². The third kappa shape index (κ3) is 4.88. The molecular weight excluding hydrogens is 292 g/mol. The van der Waals surface area contributed by atoms with Crippen LogP contribution in [0.15, 0.2) is 42.5 Å². The largest absolute Gasteiger partial charge is 0.496 e. The van der Waals surface area contributed by atoms with Crippen LogP contribution in [0.5, 0.6) is 11.5 Å². The van der Waals surface area contributed by atoms with E-state index in [0.29, 0.717) is 12.4 Å². The molecule has 0 aliphatic carbocycles. The van der Waals surface area contributed by atoms with Gasteiger partial charge in [-0.15, -0.1) is 0 Å². The Balaban J connectivity index is 2.19. The summed E-state index contributed by atoms with van der Waals surface area (Å²) >= 11 is 0. The Morgan fingerprint density at radius 3 is 2.43 bits per heavy atom. The van der Waals surface area contributed by atoms with Crippen LogP contribution in [-0.2, 0) is 11.4 Å². The van der Waals surface area contributed by atoms with Crippen molar-refractivity contribution in [2.24, 2.45) is 0 Å². The van der Waals surface area contributed by atoms with Crippen LogP contribution in [0, 0.1) is 13.8 Å². The van der Waals surface area contributed by atoms with E-state index < -0.39 is 5.97 Å². The third-order valence-corrected chi connectivity index (χ3v) is 3.31. The van der Waals surface area contributed by atoms with Crippen LogP contribution in [0.4, 0.5) is 0 Å². The molecule has 1 N–H and O–H groups in total. The molecule has 0 atom stereocenters. The number of carbonyl (C=O) groups is 1. The zero-order valence-electron chi connectivity index (χ0n) is 13.5. The van der Waals surface area contributed by atoms with Gasteiger partial charge in [-0.2, -0.15) is 0 Å². The second-order valence-electron chi connectivity index (χ2n) is 5.35. The quantitative estimate of drug-likeness (QED) is 0.819. The monoisotopic (exact) mass is 312 g/mol. The maximum Gasteiger partial charge on any atom is 0.328 e. The molecule has 0 fully saturated rings. The highest BCUT2D eigenvalue weighted by atomic mass is 16.5. The van der Waals surface area contributed by atoms with E-state index in [0.717, 1.165) is 34.1 Å². The highest BCUT2D eigenvalue weighted by molar-refractivity contribution is 5.85. The van der Waals surface area contributed by atoms with Crippen LogP contribution >= 0.6 is 0 Å². The molecular formula is C19H20O4. The topological polar surface area (TPSA) is 55.8 Å². The fourth-order valence-corrected chi connectivity index (χ4v) is 2.36. The van der Waals surface area contributed by atoms with Gasteiger partial charge in [-0.05, 0) is 60.9 Å². The van der Waals surface area contributed by atoms with E-state index >= 15 is 0 Å². The Morgan fingerprint density at radius 2 is 1.83 bits per heavy atom. The molecule has 0 saturated carbocycles. The lowest BCUT2D eigenvalue weighted by atomic mass is 10.1. The molecule has 0 aromatic heterocycles. The van der Waals surface area contributed by atoms with Gasteiger partial charge in [0.15, 0.2) is 0 Å². The van der Waals surface area contributed by atoms with Crippen molar-refractivity contribution in [3.8, 4) is 11.5 Å². The van der Waals surface area contributed by atoms with Gasteiger partial charge in [-0.1, -0.05) is 12.1 Å². The van der Waals surface area contributed by atoms with Crippen molar-refractivity contribution in [2.45, 2.75) is 20.5 Å². The number of hydrogen-bond donors (Lipinski definition) is 1. The molecule has 0 saturated heterocycles. The lowest BCUT2D eigenvalue weighted by Crippen LogP contribution is -2.00. The molecule has 0 radical (unpaired) electrons. The summed E-state index contributed by atoms with van der Waals surface area (Å²) in [5.41, 5.74) is 3.93. The predicted molar refractivity (Wildman–Crippen MR) is 89.9 cm³/mol. The fraction of sp³-hybridized carbons (Fsp3) is 0.211. The number of aryl methyl sites for hydroxylation is 2. The van der Waals surface area contributed by atoms with E-state index in [1.807, 2.05) is 38.1 Å². The number of carboxylic acid groups (broad SMARTS) is 1. The van der Waals surface area contributed by atoms with Crippen LogP contribution in [0.1, 0.15) is 22.3 Å². The second kappa shape index (κ2) is 7.49. The molecule has 2 aromatic rings. The Morgan fingerprint density at radius 1 is 1.13 bits per heavy atom. The van der Waals surface area contributed by atoms with E-state index in [9.17, 15) is 4.79 Å². The van der Waals surface area contributed by atoms with Gasteiger partial charge in [0.05, 0.1) is 7.11 Å². The van der Waals surface area contributed by atoms with Crippen molar-refractivity contribution in [1.29, 1.82) is 0 Å². The van der Waals surface area contributed by atoms with E-state index in [2.05, 4.69) is 6.07 Å². The van der Waals surface area contributed by atoms with Crippen molar-refractivity contribution >= 4 is 12.0 Å². The molecule has 4 heteroatoms. The van der Waals surface area contributed by atoms with E-state index in [1.54, 1.807) is 19.3 Å². The van der Waals surface area contributed by atoms with Crippen LogP contribution in [0.3, 0.4) is 0 Å². The maximum absolute atomic E-state index is 10.6. The smallest absolute Gasteiger partial charge is 0.328 e. The molecule has 2 rings (SSSR count). The molecule has 23 heavy (non-hydrogen) atoms. The second-order valence-corrected chi connectivity index (χ2v) is 5.35. The number of rotatable bonds is 6. The van der Waals surface area contributed by atoms with Crippen molar-refractivity contribution in [3.05, 3.63) is 64.7 Å². The standard InChI is InChI=1S/C19H20O4/c1-13-8-14(2)10-17(9-13)23-12-16-11-15(5-7-19(20)21)4-6-18(16)22-3/h4-11H,12H2,1-3H3,(H,20,21)/b7-5+. The van der Waals surface area contributed by atoms with Crippen molar-refractivity contribution < 1.29 is 19.4 Å². The van der Waals surface area contributed by atoms with Crippen LogP contribution < -0.4 is 9.47 Å². The Hall–Kier alpha value is -2.75. The average molecular weight is 312 g/mol. The molecule has 0 aliphatic rings. The molecule has 0 aliphatic heterocycles. The van der Waals surface area contributed by atoms with Crippen LogP contribution in [-0.4, -0.2) is 18.2 Å². The highest BCUT2D eigenvalue weighted by Crippen LogP contribution is 2.24. The first kappa shape index (κ1) is 16.6. The van der Waals surface area contributed by atoms with Crippen molar-refractivity contribution in [2.75, 3.05) is 7.11 Å². The molecule has 0 heterocycles. The minimum Gasteiger partial charge on any atom is -0.496 e. The van der Waals surface area contributed by atoms with E-state index in [1.165, 1.54) is 0 Å². The van der Waals surface area contributed by atoms with Gasteiger partial charge in [-0.25, -0.2) is 4.79 Å². The lowest BCUT2D eigenvalue weighted by Gasteiger charge is -2.12. The number of benzene rings is 2. The number of hydrogen-bond acceptors (Lipinski definition) is 3. The first-order chi connectivity index (χ1) is 11.0. The number of methoxy groups -OCH3 is 1. The average Bonchev–Trinajstić information content (AvgIpc) is 2.50. The summed E-state index contributed by atoms with van der Waals surface area (Å²) in [5.74, 6) is 0.534. The number of aliphatic carboxylic acids is 1. The molecule has 0 unspecified atom stereocenters. The summed E-state index contributed by atoms with van der Waals surface area (Å²) in [6.07, 6.45) is 2.65. The SMILES string of the molecule is COc1ccc(/C=C/C(=O)O)cc1COc1cc(C)cc(C)c1. The van der Waals surface area contributed by atoms with E-state index in [4.69, 9.17) is 14.6 Å². The first-order valence-corrected chi connectivity index (χ1v) is 7.27. The van der Waals surface area contributed by atoms with Gasteiger partial charge in [0.1, 0.15) is 18.1 Å². The number of carboxylic acids is 1.